The minimum Gasteiger partial charge on any atom is -0.317 e. The summed E-state index contributed by atoms with van der Waals surface area (Å²) in [6.07, 6.45) is 7.26. The first-order valence-corrected chi connectivity index (χ1v) is 9.47. The molecular formula is C14H26N2O2S. The van der Waals surface area contributed by atoms with Crippen LogP contribution in [0.5, 0.6) is 0 Å². The number of nitrogens with one attached hydrogen (secondary N) is 2. The van der Waals surface area contributed by atoms with E-state index < -0.39 is 10.0 Å². The summed E-state index contributed by atoms with van der Waals surface area (Å²) in [7, 11) is -3.07. The molecule has 3 rings (SSSR count). The molecular weight excluding hydrogens is 260 g/mol. The first kappa shape index (κ1) is 13.8. The fourth-order valence-corrected chi connectivity index (χ4v) is 4.93. The highest BCUT2D eigenvalue weighted by Gasteiger charge is 2.41. The molecule has 110 valence electrons. The molecule has 0 bridgehead atoms. The SMILES string of the molecule is O=S(=O)(CC1CCNCC1)NCC(C1CC1)C1CC1. The molecule has 0 aromatic rings. The molecule has 1 heterocycles. The quantitative estimate of drug-likeness (QED) is 0.742. The maximum atomic E-state index is 12.2. The lowest BCUT2D eigenvalue weighted by Gasteiger charge is -2.23. The van der Waals surface area contributed by atoms with Crippen LogP contribution < -0.4 is 10.0 Å². The van der Waals surface area contributed by atoms with Crippen LogP contribution in [0.25, 0.3) is 0 Å². The van der Waals surface area contributed by atoms with Crippen molar-refractivity contribution < 1.29 is 8.42 Å². The van der Waals surface area contributed by atoms with Gasteiger partial charge in [0, 0.05) is 6.54 Å². The zero-order valence-electron chi connectivity index (χ0n) is 11.6. The molecule has 0 aromatic carbocycles. The number of hydrogen-bond donors (Lipinski definition) is 2. The predicted molar refractivity (Wildman–Crippen MR) is 76.3 cm³/mol. The number of hydrogen-bond acceptors (Lipinski definition) is 3. The number of sulfonamides is 1. The second-order valence-electron chi connectivity index (χ2n) is 6.66. The third-order valence-corrected chi connectivity index (χ3v) is 6.42. The highest BCUT2D eigenvalue weighted by Crippen LogP contribution is 2.48. The highest BCUT2D eigenvalue weighted by molar-refractivity contribution is 7.89. The summed E-state index contributed by atoms with van der Waals surface area (Å²) >= 11 is 0. The fourth-order valence-electron chi connectivity index (χ4n) is 3.41. The Labute approximate surface area is 116 Å². The molecule has 2 N–H and O–H groups in total. The van der Waals surface area contributed by atoms with E-state index in [1.807, 2.05) is 0 Å². The maximum Gasteiger partial charge on any atom is 0.211 e. The van der Waals surface area contributed by atoms with Gasteiger partial charge >= 0.3 is 0 Å². The Balaban J connectivity index is 1.46. The topological polar surface area (TPSA) is 58.2 Å². The molecule has 0 amide bonds. The van der Waals surface area contributed by atoms with Crippen LogP contribution in [0.2, 0.25) is 0 Å². The Hall–Kier alpha value is -0.130. The van der Waals surface area contributed by atoms with E-state index >= 15 is 0 Å². The Morgan fingerprint density at radius 2 is 1.58 bits per heavy atom. The van der Waals surface area contributed by atoms with Crippen LogP contribution in [0.4, 0.5) is 0 Å². The smallest absolute Gasteiger partial charge is 0.211 e. The molecule has 0 radical (unpaired) electrons. The average Bonchev–Trinajstić information content (AvgIpc) is 3.24. The van der Waals surface area contributed by atoms with Crippen molar-refractivity contribution in [2.45, 2.75) is 38.5 Å². The normalized spacial score (nSPS) is 25.9. The summed E-state index contributed by atoms with van der Waals surface area (Å²) in [6, 6.07) is 0. The van der Waals surface area contributed by atoms with Crippen LogP contribution in [0.3, 0.4) is 0 Å². The molecule has 1 aliphatic heterocycles. The monoisotopic (exact) mass is 286 g/mol. The van der Waals surface area contributed by atoms with Gasteiger partial charge < -0.3 is 5.32 Å². The number of piperidine rings is 1. The van der Waals surface area contributed by atoms with Crippen molar-refractivity contribution >= 4 is 10.0 Å². The number of rotatable bonds is 7. The lowest BCUT2D eigenvalue weighted by atomic mass is 9.98. The molecule has 0 atom stereocenters. The van der Waals surface area contributed by atoms with Gasteiger partial charge in [0.15, 0.2) is 0 Å². The van der Waals surface area contributed by atoms with Gasteiger partial charge in [0.2, 0.25) is 10.0 Å². The van der Waals surface area contributed by atoms with Crippen LogP contribution in [0, 0.1) is 23.7 Å². The van der Waals surface area contributed by atoms with Crippen LogP contribution in [0.15, 0.2) is 0 Å². The summed E-state index contributed by atoms with van der Waals surface area (Å²) in [5.41, 5.74) is 0. The van der Waals surface area contributed by atoms with Crippen LogP contribution in [-0.4, -0.2) is 33.8 Å². The van der Waals surface area contributed by atoms with Gasteiger partial charge in [-0.25, -0.2) is 13.1 Å². The minimum atomic E-state index is -3.07. The van der Waals surface area contributed by atoms with E-state index in [9.17, 15) is 8.42 Å². The second kappa shape index (κ2) is 5.70. The molecule has 19 heavy (non-hydrogen) atoms. The van der Waals surface area contributed by atoms with Gasteiger partial charge in [0.1, 0.15) is 0 Å². The van der Waals surface area contributed by atoms with Crippen molar-refractivity contribution in [1.29, 1.82) is 0 Å². The fraction of sp³-hybridized carbons (Fsp3) is 1.00. The zero-order chi connectivity index (χ0) is 13.3. The van der Waals surface area contributed by atoms with E-state index in [1.165, 1.54) is 25.7 Å². The summed E-state index contributed by atoms with van der Waals surface area (Å²) in [5, 5.41) is 3.28. The molecule has 2 aliphatic carbocycles. The van der Waals surface area contributed by atoms with Crippen molar-refractivity contribution in [1.82, 2.24) is 10.0 Å². The third-order valence-electron chi connectivity index (χ3n) is 4.91. The zero-order valence-corrected chi connectivity index (χ0v) is 12.4. The largest absolute Gasteiger partial charge is 0.317 e. The molecule has 5 heteroatoms. The van der Waals surface area contributed by atoms with Crippen molar-refractivity contribution in [2.75, 3.05) is 25.4 Å². The van der Waals surface area contributed by atoms with Gasteiger partial charge in [0.05, 0.1) is 5.75 Å². The Kier molecular flexibility index (Phi) is 4.15. The standard InChI is InChI=1S/C14H26N2O2S/c17-19(18,10-11-5-7-15-8-6-11)16-9-14(12-1-2-12)13-3-4-13/h11-16H,1-10H2. The lowest BCUT2D eigenvalue weighted by Crippen LogP contribution is -2.38. The highest BCUT2D eigenvalue weighted by atomic mass is 32.2. The summed E-state index contributed by atoms with van der Waals surface area (Å²) < 4.78 is 27.2. The molecule has 0 spiro atoms. The molecule has 0 aromatic heterocycles. The van der Waals surface area contributed by atoms with Crippen LogP contribution in [0.1, 0.15) is 38.5 Å². The first-order chi connectivity index (χ1) is 9.14. The van der Waals surface area contributed by atoms with Crippen molar-refractivity contribution in [2.24, 2.45) is 23.7 Å². The average molecular weight is 286 g/mol. The maximum absolute atomic E-state index is 12.2. The minimum absolute atomic E-state index is 0.330. The van der Waals surface area contributed by atoms with E-state index in [-0.39, 0.29) is 0 Å². The second-order valence-corrected chi connectivity index (χ2v) is 8.51. The van der Waals surface area contributed by atoms with Gasteiger partial charge in [0.25, 0.3) is 0 Å². The van der Waals surface area contributed by atoms with Crippen LogP contribution >= 0.6 is 0 Å². The van der Waals surface area contributed by atoms with E-state index in [0.717, 1.165) is 37.8 Å². The third kappa shape index (κ3) is 4.17. The van der Waals surface area contributed by atoms with Crippen molar-refractivity contribution in [3.63, 3.8) is 0 Å². The summed E-state index contributed by atoms with van der Waals surface area (Å²) in [4.78, 5) is 0. The first-order valence-electron chi connectivity index (χ1n) is 7.82. The van der Waals surface area contributed by atoms with Gasteiger partial charge in [-0.15, -0.1) is 0 Å². The van der Waals surface area contributed by atoms with Crippen molar-refractivity contribution in [3.05, 3.63) is 0 Å². The molecule has 1 saturated heterocycles. The Morgan fingerprint density at radius 1 is 1.00 bits per heavy atom. The van der Waals surface area contributed by atoms with Crippen molar-refractivity contribution in [3.8, 4) is 0 Å². The Morgan fingerprint density at radius 3 is 2.11 bits per heavy atom. The van der Waals surface area contributed by atoms with Gasteiger partial charge in [-0.05, 0) is 75.3 Å². The lowest BCUT2D eigenvalue weighted by molar-refractivity contribution is 0.389. The van der Waals surface area contributed by atoms with E-state index in [0.29, 0.717) is 24.1 Å². The van der Waals surface area contributed by atoms with E-state index in [2.05, 4.69) is 10.0 Å². The van der Waals surface area contributed by atoms with Gasteiger partial charge in [-0.2, -0.15) is 0 Å². The molecule has 3 fully saturated rings. The predicted octanol–water partition coefficient (Wildman–Crippen LogP) is 1.34. The van der Waals surface area contributed by atoms with Crippen LogP contribution in [-0.2, 0) is 10.0 Å². The molecule has 2 saturated carbocycles. The Bertz CT molecular complexity index is 384. The van der Waals surface area contributed by atoms with Gasteiger partial charge in [-0.1, -0.05) is 0 Å². The van der Waals surface area contributed by atoms with E-state index in [1.54, 1.807) is 0 Å². The summed E-state index contributed by atoms with van der Waals surface area (Å²) in [5.74, 6) is 2.93. The molecule has 0 unspecified atom stereocenters. The van der Waals surface area contributed by atoms with E-state index in [4.69, 9.17) is 0 Å². The summed E-state index contributed by atoms with van der Waals surface area (Å²) in [6.45, 7) is 2.63. The van der Waals surface area contributed by atoms with Gasteiger partial charge in [-0.3, -0.25) is 0 Å². The molecule has 3 aliphatic rings. The molecule has 4 nitrogen and oxygen atoms in total.